The van der Waals surface area contributed by atoms with Gasteiger partial charge in [-0.3, -0.25) is 0 Å². The zero-order valence-electron chi connectivity index (χ0n) is 11.3. The lowest BCUT2D eigenvalue weighted by Gasteiger charge is -2.26. The molecule has 0 spiro atoms. The minimum absolute atomic E-state index is 0.208. The zero-order valence-corrected chi connectivity index (χ0v) is 13.4. The summed E-state index contributed by atoms with van der Waals surface area (Å²) in [7, 11) is 0. The number of nitrogens with one attached hydrogen (secondary N) is 1. The number of nitrogens with zero attached hydrogens (tertiary/aromatic N) is 4. The van der Waals surface area contributed by atoms with Crippen LogP contribution in [-0.4, -0.2) is 41.3 Å². The summed E-state index contributed by atoms with van der Waals surface area (Å²) in [5.74, 6) is 1.24. The molecule has 0 amide bonds. The Balaban J connectivity index is 1.83. The smallest absolute Gasteiger partial charge is 0.233 e. The Hall–Kier alpha value is -1.68. The zero-order chi connectivity index (χ0) is 14.7. The monoisotopic (exact) mass is 398 g/mol. The largest absolute Gasteiger partial charge is 0.378 e. The molecule has 2 aromatic rings. The molecule has 0 aliphatic carbocycles. The number of nitrogens with two attached hydrogens (primary N) is 1. The Morgan fingerprint density at radius 2 is 2.00 bits per heavy atom. The molecule has 7 nitrogen and oxygen atoms in total. The second kappa shape index (κ2) is 6.39. The van der Waals surface area contributed by atoms with Crippen LogP contribution in [0.25, 0.3) is 0 Å². The number of halogens is 1. The molecule has 1 fully saturated rings. The normalized spacial score (nSPS) is 15.0. The predicted molar refractivity (Wildman–Crippen MR) is 89.7 cm³/mol. The number of hydrogen-bond acceptors (Lipinski definition) is 7. The van der Waals surface area contributed by atoms with E-state index in [-0.39, 0.29) is 5.95 Å². The lowest BCUT2D eigenvalue weighted by atomic mass is 10.3. The molecule has 0 unspecified atom stereocenters. The van der Waals surface area contributed by atoms with Gasteiger partial charge in [-0.25, -0.2) is 0 Å². The van der Waals surface area contributed by atoms with E-state index in [1.165, 1.54) is 0 Å². The van der Waals surface area contributed by atoms with Gasteiger partial charge in [-0.1, -0.05) is 6.07 Å². The summed E-state index contributed by atoms with van der Waals surface area (Å²) in [4.78, 5) is 14.8. The molecule has 2 heterocycles. The van der Waals surface area contributed by atoms with E-state index in [0.29, 0.717) is 25.1 Å². The van der Waals surface area contributed by atoms with Crippen molar-refractivity contribution in [1.82, 2.24) is 15.0 Å². The van der Waals surface area contributed by atoms with E-state index < -0.39 is 0 Å². The third-order valence-electron chi connectivity index (χ3n) is 3.02. The van der Waals surface area contributed by atoms with Crippen LogP contribution < -0.4 is 16.0 Å². The molecule has 110 valence electrons. The molecule has 0 atom stereocenters. The van der Waals surface area contributed by atoms with Gasteiger partial charge in [-0.05, 0) is 40.8 Å². The summed E-state index contributed by atoms with van der Waals surface area (Å²) in [5.41, 5.74) is 6.71. The summed E-state index contributed by atoms with van der Waals surface area (Å²) in [6, 6.07) is 7.95. The lowest BCUT2D eigenvalue weighted by molar-refractivity contribution is 0.122. The molecule has 21 heavy (non-hydrogen) atoms. The van der Waals surface area contributed by atoms with Crippen molar-refractivity contribution in [3.05, 3.63) is 27.8 Å². The van der Waals surface area contributed by atoms with Crippen molar-refractivity contribution in [2.75, 3.05) is 42.3 Å². The van der Waals surface area contributed by atoms with E-state index in [9.17, 15) is 0 Å². The lowest BCUT2D eigenvalue weighted by Crippen LogP contribution is -2.37. The van der Waals surface area contributed by atoms with Gasteiger partial charge in [0.25, 0.3) is 0 Å². The Kier molecular flexibility index (Phi) is 4.34. The van der Waals surface area contributed by atoms with Crippen LogP contribution in [0.5, 0.6) is 0 Å². The maximum atomic E-state index is 5.79. The molecule has 1 aromatic carbocycles. The quantitative estimate of drug-likeness (QED) is 0.760. The first-order valence-corrected chi connectivity index (χ1v) is 7.65. The standard InChI is InChI=1S/C13H15IN6O/c14-9-2-1-3-10(8-9)16-12-17-11(15)18-13(19-12)20-4-6-21-7-5-20/h1-3,8H,4-7H2,(H3,15,16,17,18,19). The van der Waals surface area contributed by atoms with Crippen LogP contribution in [-0.2, 0) is 4.74 Å². The van der Waals surface area contributed by atoms with Gasteiger partial charge < -0.3 is 20.7 Å². The van der Waals surface area contributed by atoms with Crippen LogP contribution in [0.4, 0.5) is 23.5 Å². The third kappa shape index (κ3) is 3.70. The summed E-state index contributed by atoms with van der Waals surface area (Å²) >= 11 is 2.26. The highest BCUT2D eigenvalue weighted by atomic mass is 127. The fraction of sp³-hybridized carbons (Fsp3) is 0.308. The Labute approximate surface area is 136 Å². The van der Waals surface area contributed by atoms with Crippen LogP contribution in [0.3, 0.4) is 0 Å². The van der Waals surface area contributed by atoms with Crippen LogP contribution in [0.1, 0.15) is 0 Å². The first kappa shape index (κ1) is 14.3. The van der Waals surface area contributed by atoms with Crippen molar-refractivity contribution in [1.29, 1.82) is 0 Å². The van der Waals surface area contributed by atoms with Crippen molar-refractivity contribution in [2.45, 2.75) is 0 Å². The first-order chi connectivity index (χ1) is 10.2. The van der Waals surface area contributed by atoms with Gasteiger partial charge in [-0.15, -0.1) is 0 Å². The van der Waals surface area contributed by atoms with Crippen molar-refractivity contribution >= 4 is 46.1 Å². The van der Waals surface area contributed by atoms with Crippen LogP contribution in [0.2, 0.25) is 0 Å². The van der Waals surface area contributed by atoms with Gasteiger partial charge in [0.1, 0.15) is 0 Å². The van der Waals surface area contributed by atoms with Gasteiger partial charge in [-0.2, -0.15) is 15.0 Å². The SMILES string of the molecule is Nc1nc(Nc2cccc(I)c2)nc(N2CCOCC2)n1. The van der Waals surface area contributed by atoms with Crippen LogP contribution in [0, 0.1) is 3.57 Å². The van der Waals surface area contributed by atoms with Gasteiger partial charge >= 0.3 is 0 Å². The summed E-state index contributed by atoms with van der Waals surface area (Å²) in [6.07, 6.45) is 0. The van der Waals surface area contributed by atoms with Crippen molar-refractivity contribution in [2.24, 2.45) is 0 Å². The Morgan fingerprint density at radius 1 is 1.19 bits per heavy atom. The third-order valence-corrected chi connectivity index (χ3v) is 3.69. The highest BCUT2D eigenvalue weighted by Gasteiger charge is 2.15. The van der Waals surface area contributed by atoms with Crippen LogP contribution in [0.15, 0.2) is 24.3 Å². The minimum atomic E-state index is 0.208. The van der Waals surface area contributed by atoms with Gasteiger partial charge in [0, 0.05) is 22.3 Å². The summed E-state index contributed by atoms with van der Waals surface area (Å²) in [5, 5.41) is 3.16. The fourth-order valence-electron chi connectivity index (χ4n) is 2.04. The number of morpholine rings is 1. The molecule has 0 bridgehead atoms. The Bertz CT molecular complexity index is 632. The number of nitrogen functional groups attached to an aromatic ring is 1. The predicted octanol–water partition coefficient (Wildman–Crippen LogP) is 1.64. The van der Waals surface area contributed by atoms with Crippen molar-refractivity contribution in [3.63, 3.8) is 0 Å². The van der Waals surface area contributed by atoms with Crippen molar-refractivity contribution in [3.8, 4) is 0 Å². The summed E-state index contributed by atoms with van der Waals surface area (Å²) in [6.45, 7) is 2.86. The van der Waals surface area contributed by atoms with Crippen LogP contribution >= 0.6 is 22.6 Å². The highest BCUT2D eigenvalue weighted by Crippen LogP contribution is 2.19. The average molecular weight is 398 g/mol. The molecule has 8 heteroatoms. The number of anilines is 4. The highest BCUT2D eigenvalue weighted by molar-refractivity contribution is 14.1. The summed E-state index contributed by atoms with van der Waals surface area (Å²) < 4.78 is 6.46. The van der Waals surface area contributed by atoms with Gasteiger partial charge in [0.15, 0.2) is 0 Å². The van der Waals surface area contributed by atoms with Crippen molar-refractivity contribution < 1.29 is 4.74 Å². The number of benzene rings is 1. The maximum absolute atomic E-state index is 5.79. The second-order valence-corrected chi connectivity index (χ2v) is 5.80. The topological polar surface area (TPSA) is 89.2 Å². The number of hydrogen-bond donors (Lipinski definition) is 2. The minimum Gasteiger partial charge on any atom is -0.378 e. The molecule has 1 aromatic heterocycles. The van der Waals surface area contributed by atoms with E-state index in [1.807, 2.05) is 29.2 Å². The molecule has 1 aliphatic rings. The molecular weight excluding hydrogens is 383 g/mol. The molecule has 0 radical (unpaired) electrons. The van der Waals surface area contributed by atoms with E-state index in [2.05, 4.69) is 42.9 Å². The molecule has 1 saturated heterocycles. The van der Waals surface area contributed by atoms with E-state index in [4.69, 9.17) is 10.5 Å². The van der Waals surface area contributed by atoms with E-state index in [0.717, 1.165) is 22.3 Å². The van der Waals surface area contributed by atoms with E-state index >= 15 is 0 Å². The average Bonchev–Trinajstić information content (AvgIpc) is 2.47. The molecule has 3 N–H and O–H groups in total. The van der Waals surface area contributed by atoms with Gasteiger partial charge in [0.05, 0.1) is 13.2 Å². The molecule has 3 rings (SSSR count). The first-order valence-electron chi connectivity index (χ1n) is 6.57. The molecule has 0 saturated carbocycles. The molecular formula is C13H15IN6O. The maximum Gasteiger partial charge on any atom is 0.233 e. The number of rotatable bonds is 3. The van der Waals surface area contributed by atoms with E-state index in [1.54, 1.807) is 0 Å². The molecule has 1 aliphatic heterocycles. The fourth-order valence-corrected chi connectivity index (χ4v) is 2.58. The number of ether oxygens (including phenoxy) is 1. The number of aromatic nitrogens is 3. The second-order valence-electron chi connectivity index (χ2n) is 4.55. The van der Waals surface area contributed by atoms with Gasteiger partial charge in [0.2, 0.25) is 17.8 Å². The Morgan fingerprint density at radius 3 is 2.76 bits per heavy atom.